The molecule has 0 radical (unpaired) electrons. The third-order valence-electron chi connectivity index (χ3n) is 4.57. The zero-order valence-corrected chi connectivity index (χ0v) is 13.6. The second kappa shape index (κ2) is 5.75. The van der Waals surface area contributed by atoms with E-state index in [9.17, 15) is 0 Å². The molecule has 20 heavy (non-hydrogen) atoms. The Kier molecular flexibility index (Phi) is 4.16. The SMILES string of the molecule is CC(C)C1CNC(C2CC2)CN1c1c(Cl)cccc1Cl. The Morgan fingerprint density at radius 3 is 2.40 bits per heavy atom. The van der Waals surface area contributed by atoms with Gasteiger partial charge in [-0.25, -0.2) is 0 Å². The van der Waals surface area contributed by atoms with Crippen molar-refractivity contribution >= 4 is 28.9 Å². The quantitative estimate of drug-likeness (QED) is 0.899. The maximum Gasteiger partial charge on any atom is 0.0748 e. The highest BCUT2D eigenvalue weighted by atomic mass is 35.5. The lowest BCUT2D eigenvalue weighted by molar-refractivity contribution is 0.320. The second-order valence-electron chi connectivity index (χ2n) is 6.39. The molecule has 1 aromatic rings. The van der Waals surface area contributed by atoms with Crippen molar-refractivity contribution in [3.05, 3.63) is 28.2 Å². The summed E-state index contributed by atoms with van der Waals surface area (Å²) < 4.78 is 0. The van der Waals surface area contributed by atoms with E-state index in [-0.39, 0.29) is 0 Å². The first kappa shape index (κ1) is 14.5. The summed E-state index contributed by atoms with van der Waals surface area (Å²) >= 11 is 12.9. The molecule has 2 nitrogen and oxygen atoms in total. The van der Waals surface area contributed by atoms with Gasteiger partial charge in [-0.05, 0) is 36.8 Å². The lowest BCUT2D eigenvalue weighted by atomic mass is 9.96. The molecule has 1 aliphatic heterocycles. The lowest BCUT2D eigenvalue weighted by Crippen LogP contribution is -2.59. The van der Waals surface area contributed by atoms with E-state index in [0.29, 0.717) is 18.0 Å². The van der Waals surface area contributed by atoms with Crippen LogP contribution in [0.4, 0.5) is 5.69 Å². The maximum atomic E-state index is 6.43. The molecule has 4 heteroatoms. The molecule has 2 aliphatic rings. The molecule has 0 bridgehead atoms. The van der Waals surface area contributed by atoms with Crippen molar-refractivity contribution in [1.29, 1.82) is 0 Å². The van der Waals surface area contributed by atoms with Crippen LogP contribution in [0.3, 0.4) is 0 Å². The minimum Gasteiger partial charge on any atom is -0.363 e. The predicted octanol–water partition coefficient (Wildman–Crippen LogP) is 4.21. The summed E-state index contributed by atoms with van der Waals surface area (Å²) in [4.78, 5) is 2.44. The molecule has 1 aliphatic carbocycles. The normalized spacial score (nSPS) is 27.1. The van der Waals surface area contributed by atoms with Gasteiger partial charge >= 0.3 is 0 Å². The van der Waals surface area contributed by atoms with E-state index in [1.807, 2.05) is 18.2 Å². The molecule has 1 heterocycles. The maximum absolute atomic E-state index is 6.43. The fourth-order valence-electron chi connectivity index (χ4n) is 3.22. The van der Waals surface area contributed by atoms with Crippen molar-refractivity contribution in [2.24, 2.45) is 11.8 Å². The Hall–Kier alpha value is -0.440. The van der Waals surface area contributed by atoms with Crippen molar-refractivity contribution < 1.29 is 0 Å². The van der Waals surface area contributed by atoms with Crippen molar-refractivity contribution in [3.63, 3.8) is 0 Å². The van der Waals surface area contributed by atoms with Crippen LogP contribution in [0.5, 0.6) is 0 Å². The van der Waals surface area contributed by atoms with E-state index in [1.165, 1.54) is 12.8 Å². The van der Waals surface area contributed by atoms with Crippen LogP contribution >= 0.6 is 23.2 Å². The van der Waals surface area contributed by atoms with Gasteiger partial charge in [0.15, 0.2) is 0 Å². The summed E-state index contributed by atoms with van der Waals surface area (Å²) in [7, 11) is 0. The van der Waals surface area contributed by atoms with E-state index in [0.717, 1.165) is 34.7 Å². The first-order valence-corrected chi connectivity index (χ1v) is 8.27. The van der Waals surface area contributed by atoms with E-state index in [4.69, 9.17) is 23.2 Å². The Bertz CT molecular complexity index is 465. The number of halogens is 2. The molecule has 0 amide bonds. The zero-order chi connectivity index (χ0) is 14.3. The van der Waals surface area contributed by atoms with Crippen LogP contribution in [0.1, 0.15) is 26.7 Å². The Morgan fingerprint density at radius 1 is 1.20 bits per heavy atom. The highest BCUT2D eigenvalue weighted by Crippen LogP contribution is 2.40. The van der Waals surface area contributed by atoms with E-state index >= 15 is 0 Å². The van der Waals surface area contributed by atoms with Gasteiger partial charge in [-0.2, -0.15) is 0 Å². The van der Waals surface area contributed by atoms with Gasteiger partial charge in [-0.1, -0.05) is 43.1 Å². The minimum atomic E-state index is 0.447. The number of rotatable bonds is 3. The molecule has 3 rings (SSSR count). The largest absolute Gasteiger partial charge is 0.363 e. The Balaban J connectivity index is 1.92. The molecular formula is C16H22Cl2N2. The summed E-state index contributed by atoms with van der Waals surface area (Å²) in [6.07, 6.45) is 2.71. The van der Waals surface area contributed by atoms with Gasteiger partial charge < -0.3 is 10.2 Å². The molecule has 1 aromatic carbocycles. The fraction of sp³-hybridized carbons (Fsp3) is 0.625. The van der Waals surface area contributed by atoms with E-state index in [2.05, 4.69) is 24.1 Å². The number of hydrogen-bond acceptors (Lipinski definition) is 2. The monoisotopic (exact) mass is 312 g/mol. The van der Waals surface area contributed by atoms with Crippen molar-refractivity contribution in [1.82, 2.24) is 5.32 Å². The lowest BCUT2D eigenvalue weighted by Gasteiger charge is -2.44. The molecule has 1 saturated carbocycles. The van der Waals surface area contributed by atoms with E-state index in [1.54, 1.807) is 0 Å². The second-order valence-corrected chi connectivity index (χ2v) is 7.20. The highest BCUT2D eigenvalue weighted by Gasteiger charge is 2.39. The molecule has 2 fully saturated rings. The smallest absolute Gasteiger partial charge is 0.0748 e. The van der Waals surface area contributed by atoms with Gasteiger partial charge in [0.05, 0.1) is 15.7 Å². The van der Waals surface area contributed by atoms with Crippen molar-refractivity contribution in [2.45, 2.75) is 38.8 Å². The highest BCUT2D eigenvalue weighted by molar-refractivity contribution is 6.39. The number of nitrogens with zero attached hydrogens (tertiary/aromatic N) is 1. The number of benzene rings is 1. The summed E-state index contributed by atoms with van der Waals surface area (Å²) in [5, 5.41) is 5.25. The first-order chi connectivity index (χ1) is 9.58. The Morgan fingerprint density at radius 2 is 1.85 bits per heavy atom. The molecule has 2 unspecified atom stereocenters. The van der Waals surface area contributed by atoms with Crippen LogP contribution in [0.2, 0.25) is 10.0 Å². The Labute approximate surface area is 131 Å². The molecule has 2 atom stereocenters. The standard InChI is InChI=1S/C16H22Cl2N2/c1-10(2)15-8-19-14(11-6-7-11)9-20(15)16-12(17)4-3-5-13(16)18/h3-5,10-11,14-15,19H,6-9H2,1-2H3. The summed E-state index contributed by atoms with van der Waals surface area (Å²) in [5.74, 6) is 1.40. The first-order valence-electron chi connectivity index (χ1n) is 7.52. The number of para-hydroxylation sites is 1. The van der Waals surface area contributed by atoms with Gasteiger partial charge in [0.1, 0.15) is 0 Å². The van der Waals surface area contributed by atoms with Crippen LogP contribution in [0.25, 0.3) is 0 Å². The zero-order valence-electron chi connectivity index (χ0n) is 12.1. The van der Waals surface area contributed by atoms with Gasteiger partial charge in [-0.15, -0.1) is 0 Å². The number of hydrogen-bond donors (Lipinski definition) is 1. The predicted molar refractivity (Wildman–Crippen MR) is 86.9 cm³/mol. The van der Waals surface area contributed by atoms with Gasteiger partial charge in [0.25, 0.3) is 0 Å². The average molecular weight is 313 g/mol. The van der Waals surface area contributed by atoms with Crippen LogP contribution in [-0.4, -0.2) is 25.2 Å². The van der Waals surface area contributed by atoms with Crippen LogP contribution in [0.15, 0.2) is 18.2 Å². The number of nitrogens with one attached hydrogen (secondary N) is 1. The van der Waals surface area contributed by atoms with Crippen molar-refractivity contribution in [3.8, 4) is 0 Å². The molecule has 1 N–H and O–H groups in total. The summed E-state index contributed by atoms with van der Waals surface area (Å²) in [6, 6.07) is 6.82. The average Bonchev–Trinajstić information content (AvgIpc) is 3.22. The topological polar surface area (TPSA) is 15.3 Å². The molecule has 1 saturated heterocycles. The van der Waals surface area contributed by atoms with Gasteiger partial charge in [-0.3, -0.25) is 0 Å². The van der Waals surface area contributed by atoms with Crippen molar-refractivity contribution in [2.75, 3.05) is 18.0 Å². The molecule has 0 aromatic heterocycles. The molecule has 110 valence electrons. The van der Waals surface area contributed by atoms with Gasteiger partial charge in [0.2, 0.25) is 0 Å². The van der Waals surface area contributed by atoms with Crippen LogP contribution in [0, 0.1) is 11.8 Å². The summed E-state index contributed by atoms with van der Waals surface area (Å²) in [6.45, 7) is 6.56. The fourth-order valence-corrected chi connectivity index (χ4v) is 3.84. The van der Waals surface area contributed by atoms with Gasteiger partial charge in [0, 0.05) is 25.2 Å². The van der Waals surface area contributed by atoms with Crippen LogP contribution < -0.4 is 10.2 Å². The third kappa shape index (κ3) is 2.79. The van der Waals surface area contributed by atoms with E-state index < -0.39 is 0 Å². The minimum absolute atomic E-state index is 0.447. The number of anilines is 1. The summed E-state index contributed by atoms with van der Waals surface area (Å²) in [5.41, 5.74) is 1.02. The third-order valence-corrected chi connectivity index (χ3v) is 5.18. The van der Waals surface area contributed by atoms with Crippen LogP contribution in [-0.2, 0) is 0 Å². The molecular weight excluding hydrogens is 291 g/mol. The number of piperazine rings is 1. The molecule has 0 spiro atoms.